The zero-order valence-electron chi connectivity index (χ0n) is 13.5. The van der Waals surface area contributed by atoms with Crippen LogP contribution in [-0.4, -0.2) is 17.5 Å². The van der Waals surface area contributed by atoms with E-state index in [1.54, 1.807) is 30.3 Å². The lowest BCUT2D eigenvalue weighted by Crippen LogP contribution is -2.07. The normalized spacial score (nSPS) is 10.7. The van der Waals surface area contributed by atoms with Crippen molar-refractivity contribution in [3.63, 3.8) is 0 Å². The molecule has 0 bridgehead atoms. The van der Waals surface area contributed by atoms with E-state index in [1.807, 2.05) is 25.1 Å². The molecule has 25 heavy (non-hydrogen) atoms. The molecule has 2 aromatic carbocycles. The van der Waals surface area contributed by atoms with Crippen molar-refractivity contribution in [2.75, 3.05) is 11.9 Å². The first-order valence-electron chi connectivity index (χ1n) is 7.70. The molecule has 0 aliphatic rings. The topological polar surface area (TPSA) is 75.0 Å². The predicted molar refractivity (Wildman–Crippen MR) is 99.6 cm³/mol. The smallest absolute Gasteiger partial charge is 0.250 e. The van der Waals surface area contributed by atoms with E-state index in [0.29, 0.717) is 17.3 Å². The average molecular weight is 349 g/mol. The quantitative estimate of drug-likeness (QED) is 0.700. The number of aromatic nitrogens is 1. The average Bonchev–Trinajstić information content (AvgIpc) is 3.02. The molecular weight excluding hydrogens is 334 g/mol. The summed E-state index contributed by atoms with van der Waals surface area (Å²) in [5.74, 6) is 0.533. The number of carbonyl (C=O) groups excluding carboxylic acids is 1. The monoisotopic (exact) mass is 349 g/mol. The lowest BCUT2D eigenvalue weighted by molar-refractivity contribution is -0.111. The molecule has 5 nitrogen and oxygen atoms in total. The minimum atomic E-state index is -0.256. The third-order valence-corrected chi connectivity index (χ3v) is 4.30. The van der Waals surface area contributed by atoms with Crippen LogP contribution in [0.5, 0.6) is 5.75 Å². The number of benzene rings is 2. The molecule has 0 spiro atoms. The molecule has 0 aliphatic carbocycles. The summed E-state index contributed by atoms with van der Waals surface area (Å²) in [6.07, 6.45) is 3.13. The summed E-state index contributed by atoms with van der Waals surface area (Å²) in [5, 5.41) is 12.1. The largest absolute Gasteiger partial charge is 0.494 e. The van der Waals surface area contributed by atoms with Gasteiger partial charge in [0.05, 0.1) is 28.5 Å². The highest BCUT2D eigenvalue weighted by Gasteiger charge is 2.07. The van der Waals surface area contributed by atoms with Crippen LogP contribution < -0.4 is 10.1 Å². The third-order valence-electron chi connectivity index (χ3n) is 3.37. The van der Waals surface area contributed by atoms with Gasteiger partial charge < -0.3 is 4.74 Å². The molecule has 0 unspecified atom stereocenters. The number of carbonyl (C=O) groups is 1. The molecule has 3 aromatic rings. The predicted octanol–water partition coefficient (Wildman–Crippen LogP) is 4.22. The van der Waals surface area contributed by atoms with Crippen molar-refractivity contribution in [3.05, 3.63) is 59.7 Å². The number of fused-ring (bicyclic) bond motifs is 1. The first kappa shape index (κ1) is 16.7. The van der Waals surface area contributed by atoms with Gasteiger partial charge in [0.15, 0.2) is 5.13 Å². The summed E-state index contributed by atoms with van der Waals surface area (Å²) < 4.78 is 6.42. The van der Waals surface area contributed by atoms with Crippen molar-refractivity contribution in [3.8, 4) is 11.8 Å². The van der Waals surface area contributed by atoms with Crippen LogP contribution in [0.25, 0.3) is 16.3 Å². The number of hydrogen-bond acceptors (Lipinski definition) is 5. The Morgan fingerprint density at radius 2 is 2.12 bits per heavy atom. The molecule has 124 valence electrons. The number of ether oxygens (including phenoxy) is 1. The summed E-state index contributed by atoms with van der Waals surface area (Å²) in [6, 6.07) is 14.7. The van der Waals surface area contributed by atoms with Gasteiger partial charge in [-0.2, -0.15) is 5.26 Å². The van der Waals surface area contributed by atoms with E-state index in [1.165, 1.54) is 17.4 Å². The standard InChI is InChI=1S/C19H15N3O2S/c1-2-24-15-8-9-16-17(11-15)25-19(21-16)22-18(23)10-7-13-3-5-14(12-20)6-4-13/h3-11H,2H2,1H3,(H,21,22,23)/b10-7+. The van der Waals surface area contributed by atoms with Crippen molar-refractivity contribution < 1.29 is 9.53 Å². The minimum absolute atomic E-state index is 0.256. The second-order valence-electron chi connectivity index (χ2n) is 5.14. The fraction of sp³-hybridized carbons (Fsp3) is 0.105. The fourth-order valence-electron chi connectivity index (χ4n) is 2.20. The number of hydrogen-bond donors (Lipinski definition) is 1. The van der Waals surface area contributed by atoms with Crippen LogP contribution in [0.3, 0.4) is 0 Å². The Morgan fingerprint density at radius 1 is 1.32 bits per heavy atom. The Balaban J connectivity index is 1.68. The number of rotatable bonds is 5. The van der Waals surface area contributed by atoms with Gasteiger partial charge in [-0.3, -0.25) is 10.1 Å². The molecular formula is C19H15N3O2S. The van der Waals surface area contributed by atoms with Gasteiger partial charge in [-0.15, -0.1) is 0 Å². The molecule has 6 heteroatoms. The molecule has 1 aromatic heterocycles. The molecule has 1 amide bonds. The van der Waals surface area contributed by atoms with E-state index < -0.39 is 0 Å². The molecule has 1 N–H and O–H groups in total. The number of nitrogens with one attached hydrogen (secondary N) is 1. The van der Waals surface area contributed by atoms with Gasteiger partial charge in [0.1, 0.15) is 5.75 Å². The Morgan fingerprint density at radius 3 is 2.84 bits per heavy atom. The van der Waals surface area contributed by atoms with Crippen molar-refractivity contribution in [1.29, 1.82) is 5.26 Å². The van der Waals surface area contributed by atoms with Crippen LogP contribution in [0, 0.1) is 11.3 Å². The lowest BCUT2D eigenvalue weighted by Gasteiger charge is -2.00. The van der Waals surface area contributed by atoms with Gasteiger partial charge in [0.25, 0.3) is 0 Å². The van der Waals surface area contributed by atoms with E-state index in [4.69, 9.17) is 10.00 Å². The maximum atomic E-state index is 12.0. The molecule has 0 atom stereocenters. The summed E-state index contributed by atoms with van der Waals surface area (Å²) in [5.41, 5.74) is 2.25. The van der Waals surface area contributed by atoms with Crippen LogP contribution in [0.15, 0.2) is 48.5 Å². The highest BCUT2D eigenvalue weighted by atomic mass is 32.1. The van der Waals surface area contributed by atoms with Gasteiger partial charge in [0, 0.05) is 6.08 Å². The van der Waals surface area contributed by atoms with Gasteiger partial charge in [-0.25, -0.2) is 4.98 Å². The Labute approximate surface area is 149 Å². The Hall–Kier alpha value is -3.17. The van der Waals surface area contributed by atoms with E-state index in [0.717, 1.165) is 21.5 Å². The Kier molecular flexibility index (Phi) is 5.07. The number of anilines is 1. The third kappa shape index (κ3) is 4.22. The highest BCUT2D eigenvalue weighted by Crippen LogP contribution is 2.29. The molecule has 0 radical (unpaired) electrons. The van der Waals surface area contributed by atoms with Gasteiger partial charge in [-0.05, 0) is 48.9 Å². The van der Waals surface area contributed by atoms with E-state index >= 15 is 0 Å². The maximum Gasteiger partial charge on any atom is 0.250 e. The zero-order valence-corrected chi connectivity index (χ0v) is 14.3. The zero-order chi connectivity index (χ0) is 17.6. The van der Waals surface area contributed by atoms with Crippen molar-refractivity contribution in [2.24, 2.45) is 0 Å². The van der Waals surface area contributed by atoms with Crippen LogP contribution in [0.4, 0.5) is 5.13 Å². The SMILES string of the molecule is CCOc1ccc2nc(NC(=O)/C=C/c3ccc(C#N)cc3)sc2c1. The molecule has 3 rings (SSSR count). The van der Waals surface area contributed by atoms with Gasteiger partial charge >= 0.3 is 0 Å². The minimum Gasteiger partial charge on any atom is -0.494 e. The molecule has 0 saturated carbocycles. The second kappa shape index (κ2) is 7.60. The van der Waals surface area contributed by atoms with Crippen molar-refractivity contribution in [1.82, 2.24) is 4.98 Å². The number of nitrogens with zero attached hydrogens (tertiary/aromatic N) is 2. The van der Waals surface area contributed by atoms with Crippen molar-refractivity contribution >= 4 is 38.7 Å². The molecule has 0 saturated heterocycles. The van der Waals surface area contributed by atoms with E-state index in [9.17, 15) is 4.79 Å². The van der Waals surface area contributed by atoms with Gasteiger partial charge in [-0.1, -0.05) is 23.5 Å². The maximum absolute atomic E-state index is 12.0. The molecule has 0 fully saturated rings. The summed E-state index contributed by atoms with van der Waals surface area (Å²) in [7, 11) is 0. The lowest BCUT2D eigenvalue weighted by atomic mass is 10.1. The first-order chi connectivity index (χ1) is 12.2. The number of amides is 1. The summed E-state index contributed by atoms with van der Waals surface area (Å²) >= 11 is 1.40. The van der Waals surface area contributed by atoms with E-state index in [-0.39, 0.29) is 5.91 Å². The summed E-state index contributed by atoms with van der Waals surface area (Å²) in [6.45, 7) is 2.54. The summed E-state index contributed by atoms with van der Waals surface area (Å²) in [4.78, 5) is 16.4. The van der Waals surface area contributed by atoms with E-state index in [2.05, 4.69) is 16.4 Å². The van der Waals surface area contributed by atoms with Crippen LogP contribution in [0.1, 0.15) is 18.1 Å². The Bertz CT molecular complexity index is 968. The first-order valence-corrected chi connectivity index (χ1v) is 8.52. The molecule has 1 heterocycles. The number of thiazole rings is 1. The van der Waals surface area contributed by atoms with Gasteiger partial charge in [0.2, 0.25) is 5.91 Å². The van der Waals surface area contributed by atoms with Crippen molar-refractivity contribution in [2.45, 2.75) is 6.92 Å². The molecule has 0 aliphatic heterocycles. The van der Waals surface area contributed by atoms with Crippen LogP contribution >= 0.6 is 11.3 Å². The van der Waals surface area contributed by atoms with Crippen LogP contribution in [-0.2, 0) is 4.79 Å². The second-order valence-corrected chi connectivity index (χ2v) is 6.17. The fourth-order valence-corrected chi connectivity index (χ4v) is 3.10. The number of nitriles is 1. The highest BCUT2D eigenvalue weighted by molar-refractivity contribution is 7.22. The van der Waals surface area contributed by atoms with Crippen LogP contribution in [0.2, 0.25) is 0 Å².